The molecule has 0 atom stereocenters. The minimum Gasteiger partial charge on any atom is -0.429 e. The standard InChI is InChI=1S/C29H33F3O/c1-16-7-9-22(10-8-16)23-11-18(3)27-21(6)28(19(4)12-24(27)14-23)29(31,32)33-25-13-17(2)20(5)26(30)15-25/h11-16,22H,7-10H2,1-6H3. The zero-order valence-electron chi connectivity index (χ0n) is 20.4. The number of benzene rings is 3. The van der Waals surface area contributed by atoms with Gasteiger partial charge in [-0.05, 0) is 110 Å². The van der Waals surface area contributed by atoms with Gasteiger partial charge in [0.05, 0.1) is 5.56 Å². The van der Waals surface area contributed by atoms with E-state index in [1.165, 1.54) is 37.3 Å². The number of fused-ring (bicyclic) bond motifs is 1. The van der Waals surface area contributed by atoms with E-state index in [9.17, 15) is 4.39 Å². The third-order valence-corrected chi connectivity index (χ3v) is 7.51. The fraction of sp³-hybridized carbons (Fsp3) is 0.448. The Balaban J connectivity index is 1.75. The van der Waals surface area contributed by atoms with E-state index in [0.717, 1.165) is 28.3 Å². The lowest BCUT2D eigenvalue weighted by molar-refractivity contribution is -0.186. The van der Waals surface area contributed by atoms with E-state index in [1.54, 1.807) is 27.7 Å². The molecular weight excluding hydrogens is 421 g/mol. The number of aryl methyl sites for hydroxylation is 4. The van der Waals surface area contributed by atoms with Gasteiger partial charge in [-0.1, -0.05) is 38.0 Å². The average molecular weight is 455 g/mol. The summed E-state index contributed by atoms with van der Waals surface area (Å²) >= 11 is 0. The van der Waals surface area contributed by atoms with Gasteiger partial charge in [-0.3, -0.25) is 0 Å². The number of hydrogen-bond donors (Lipinski definition) is 0. The molecule has 0 radical (unpaired) electrons. The first-order valence-electron chi connectivity index (χ1n) is 11.9. The molecule has 0 aromatic heterocycles. The van der Waals surface area contributed by atoms with E-state index in [0.29, 0.717) is 28.2 Å². The van der Waals surface area contributed by atoms with Crippen molar-refractivity contribution in [3.8, 4) is 5.75 Å². The van der Waals surface area contributed by atoms with Crippen LogP contribution in [0.2, 0.25) is 0 Å². The molecule has 0 heterocycles. The summed E-state index contributed by atoms with van der Waals surface area (Å²) < 4.78 is 50.1. The van der Waals surface area contributed by atoms with Crippen LogP contribution >= 0.6 is 0 Å². The van der Waals surface area contributed by atoms with Crippen LogP contribution in [0.1, 0.15) is 77.5 Å². The van der Waals surface area contributed by atoms with Crippen LogP contribution in [0.15, 0.2) is 30.3 Å². The van der Waals surface area contributed by atoms with Crippen molar-refractivity contribution in [1.82, 2.24) is 0 Å². The minimum atomic E-state index is -3.58. The molecule has 0 unspecified atom stereocenters. The van der Waals surface area contributed by atoms with E-state index in [-0.39, 0.29) is 11.3 Å². The lowest BCUT2D eigenvalue weighted by atomic mass is 9.78. The van der Waals surface area contributed by atoms with Gasteiger partial charge in [-0.2, -0.15) is 8.78 Å². The summed E-state index contributed by atoms with van der Waals surface area (Å²) in [6.45, 7) is 11.0. The van der Waals surface area contributed by atoms with Crippen molar-refractivity contribution >= 4 is 10.8 Å². The monoisotopic (exact) mass is 454 g/mol. The van der Waals surface area contributed by atoms with Gasteiger partial charge in [0.2, 0.25) is 0 Å². The van der Waals surface area contributed by atoms with Crippen molar-refractivity contribution in [1.29, 1.82) is 0 Å². The highest BCUT2D eigenvalue weighted by atomic mass is 19.3. The SMILES string of the molecule is Cc1cc(OC(F)(F)c2c(C)cc3cc(C4CCC(C)CC4)cc(C)c3c2C)cc(F)c1C. The third kappa shape index (κ3) is 4.49. The molecule has 0 N–H and O–H groups in total. The lowest BCUT2D eigenvalue weighted by Gasteiger charge is -2.28. The van der Waals surface area contributed by atoms with Crippen molar-refractivity contribution in [2.24, 2.45) is 5.92 Å². The second-order valence-electron chi connectivity index (χ2n) is 10.1. The molecule has 4 rings (SSSR count). The minimum absolute atomic E-state index is 0.143. The van der Waals surface area contributed by atoms with Crippen molar-refractivity contribution in [2.75, 3.05) is 0 Å². The van der Waals surface area contributed by atoms with Crippen LogP contribution in [0.5, 0.6) is 5.75 Å². The van der Waals surface area contributed by atoms with Gasteiger partial charge < -0.3 is 4.74 Å². The molecule has 1 aliphatic rings. The number of rotatable bonds is 4. The van der Waals surface area contributed by atoms with Crippen LogP contribution in [-0.4, -0.2) is 0 Å². The highest BCUT2D eigenvalue weighted by molar-refractivity contribution is 5.91. The molecule has 0 aliphatic heterocycles. The highest BCUT2D eigenvalue weighted by Crippen LogP contribution is 2.42. The highest BCUT2D eigenvalue weighted by Gasteiger charge is 2.39. The summed E-state index contributed by atoms with van der Waals surface area (Å²) in [6, 6.07) is 8.69. The van der Waals surface area contributed by atoms with Crippen LogP contribution < -0.4 is 4.74 Å². The van der Waals surface area contributed by atoms with E-state index < -0.39 is 11.9 Å². The van der Waals surface area contributed by atoms with Crippen molar-refractivity contribution in [2.45, 2.75) is 79.3 Å². The number of ether oxygens (including phenoxy) is 1. The predicted molar refractivity (Wildman–Crippen MR) is 129 cm³/mol. The third-order valence-electron chi connectivity index (χ3n) is 7.51. The lowest BCUT2D eigenvalue weighted by Crippen LogP contribution is -2.25. The Labute approximate surface area is 195 Å². The zero-order chi connectivity index (χ0) is 24.1. The van der Waals surface area contributed by atoms with Gasteiger partial charge in [0.15, 0.2) is 0 Å². The molecular formula is C29H33F3O. The Morgan fingerprint density at radius 1 is 0.788 bits per heavy atom. The first-order valence-corrected chi connectivity index (χ1v) is 11.9. The second kappa shape index (κ2) is 8.70. The molecule has 176 valence electrons. The van der Waals surface area contributed by atoms with E-state index in [2.05, 4.69) is 19.1 Å². The van der Waals surface area contributed by atoms with Gasteiger partial charge in [0.1, 0.15) is 11.6 Å². The fourth-order valence-electron chi connectivity index (χ4n) is 5.52. The molecule has 0 spiro atoms. The Hall–Kier alpha value is -2.49. The molecule has 0 bridgehead atoms. The smallest absolute Gasteiger partial charge is 0.427 e. The van der Waals surface area contributed by atoms with Gasteiger partial charge in [-0.15, -0.1) is 0 Å². The maximum atomic E-state index is 15.4. The second-order valence-corrected chi connectivity index (χ2v) is 10.1. The summed E-state index contributed by atoms with van der Waals surface area (Å²) in [4.78, 5) is 0. The van der Waals surface area contributed by atoms with E-state index in [4.69, 9.17) is 4.74 Å². The predicted octanol–water partition coefficient (Wildman–Crippen LogP) is 8.94. The molecule has 0 saturated heterocycles. The number of halogens is 3. The van der Waals surface area contributed by atoms with Gasteiger partial charge in [0, 0.05) is 6.07 Å². The largest absolute Gasteiger partial charge is 0.429 e. The summed E-state index contributed by atoms with van der Waals surface area (Å²) in [6.07, 6.45) is 1.26. The topological polar surface area (TPSA) is 9.23 Å². The Morgan fingerprint density at radius 3 is 2.09 bits per heavy atom. The van der Waals surface area contributed by atoms with Crippen molar-refractivity contribution < 1.29 is 17.9 Å². The molecule has 33 heavy (non-hydrogen) atoms. The molecule has 0 amide bonds. The van der Waals surface area contributed by atoms with Crippen LogP contribution in [0.3, 0.4) is 0 Å². The molecule has 1 nitrogen and oxygen atoms in total. The average Bonchev–Trinajstić information content (AvgIpc) is 2.71. The number of alkyl halides is 2. The van der Waals surface area contributed by atoms with Crippen molar-refractivity contribution in [3.05, 3.63) is 75.1 Å². The molecule has 1 aliphatic carbocycles. The van der Waals surface area contributed by atoms with Gasteiger partial charge in [-0.25, -0.2) is 4.39 Å². The first-order chi connectivity index (χ1) is 15.5. The summed E-state index contributed by atoms with van der Waals surface area (Å²) in [5.74, 6) is 0.600. The Kier molecular flexibility index (Phi) is 6.24. The summed E-state index contributed by atoms with van der Waals surface area (Å²) in [7, 11) is 0. The van der Waals surface area contributed by atoms with Crippen LogP contribution in [0.4, 0.5) is 13.2 Å². The maximum Gasteiger partial charge on any atom is 0.427 e. The summed E-state index contributed by atoms with van der Waals surface area (Å²) in [5.41, 5.74) is 4.18. The Morgan fingerprint density at radius 2 is 1.45 bits per heavy atom. The van der Waals surface area contributed by atoms with Crippen LogP contribution in [0.25, 0.3) is 10.8 Å². The molecule has 3 aromatic carbocycles. The molecule has 3 aromatic rings. The molecule has 4 heteroatoms. The van der Waals surface area contributed by atoms with Gasteiger partial charge in [0.25, 0.3) is 0 Å². The number of hydrogen-bond acceptors (Lipinski definition) is 1. The normalized spacial score (nSPS) is 19.2. The van der Waals surface area contributed by atoms with E-state index in [1.807, 2.05) is 13.0 Å². The summed E-state index contributed by atoms with van der Waals surface area (Å²) in [5, 5.41) is 1.84. The van der Waals surface area contributed by atoms with E-state index >= 15 is 8.78 Å². The Bertz CT molecular complexity index is 1180. The molecule has 1 saturated carbocycles. The molecule has 1 fully saturated rings. The zero-order valence-corrected chi connectivity index (χ0v) is 20.4. The van der Waals surface area contributed by atoms with Crippen LogP contribution in [0, 0.1) is 46.4 Å². The fourth-order valence-corrected chi connectivity index (χ4v) is 5.52. The maximum absolute atomic E-state index is 15.4. The van der Waals surface area contributed by atoms with Crippen LogP contribution in [-0.2, 0) is 6.11 Å². The quantitative estimate of drug-likeness (QED) is 0.382. The van der Waals surface area contributed by atoms with Crippen molar-refractivity contribution in [3.63, 3.8) is 0 Å². The first kappa shape index (κ1) is 23.7. The van der Waals surface area contributed by atoms with Gasteiger partial charge >= 0.3 is 6.11 Å².